The highest BCUT2D eigenvalue weighted by Gasteiger charge is 2.12. The fourth-order valence-corrected chi connectivity index (χ4v) is 1.91. The number of hydrogen-bond donors (Lipinski definition) is 0. The summed E-state index contributed by atoms with van der Waals surface area (Å²) in [6.07, 6.45) is 8.78. The van der Waals surface area contributed by atoms with Gasteiger partial charge in [0.25, 0.3) is 0 Å². The summed E-state index contributed by atoms with van der Waals surface area (Å²) in [5.41, 5.74) is 2.09. The maximum absolute atomic E-state index is 11.4. The van der Waals surface area contributed by atoms with Crippen molar-refractivity contribution in [1.29, 1.82) is 0 Å². The molecule has 0 amide bonds. The lowest BCUT2D eigenvalue weighted by Crippen LogP contribution is -2.03. The molecule has 90 valence electrons. The summed E-state index contributed by atoms with van der Waals surface area (Å²) in [5, 5.41) is 0. The molecule has 0 bridgehead atoms. The lowest BCUT2D eigenvalue weighted by atomic mass is 9.94. The maximum Gasteiger partial charge on any atom is 0.155 e. The molecule has 1 heterocycles. The number of ketones is 1. The van der Waals surface area contributed by atoms with Gasteiger partial charge in [-0.15, -0.1) is 0 Å². The van der Waals surface area contributed by atoms with Gasteiger partial charge < -0.3 is 4.74 Å². The summed E-state index contributed by atoms with van der Waals surface area (Å²) in [6.45, 7) is 2.77. The molecule has 0 aliphatic heterocycles. The zero-order valence-corrected chi connectivity index (χ0v) is 10.1. The topological polar surface area (TPSA) is 39.2 Å². The monoisotopic (exact) mass is 231 g/mol. The summed E-state index contributed by atoms with van der Waals surface area (Å²) < 4.78 is 5.54. The van der Waals surface area contributed by atoms with Gasteiger partial charge in [-0.2, -0.15) is 0 Å². The van der Waals surface area contributed by atoms with Crippen LogP contribution in [0.1, 0.15) is 38.2 Å². The zero-order chi connectivity index (χ0) is 12.1. The van der Waals surface area contributed by atoms with Gasteiger partial charge in [0, 0.05) is 12.6 Å². The molecule has 0 aromatic carbocycles. The van der Waals surface area contributed by atoms with Crippen LogP contribution in [0.2, 0.25) is 0 Å². The summed E-state index contributed by atoms with van der Waals surface area (Å²) >= 11 is 0. The van der Waals surface area contributed by atoms with Crippen molar-refractivity contribution < 1.29 is 9.53 Å². The van der Waals surface area contributed by atoms with Gasteiger partial charge in [-0.3, -0.25) is 9.78 Å². The minimum absolute atomic E-state index is 0.214. The van der Waals surface area contributed by atoms with Crippen molar-refractivity contribution >= 4 is 11.4 Å². The quantitative estimate of drug-likeness (QED) is 0.799. The van der Waals surface area contributed by atoms with Crippen molar-refractivity contribution in [3.8, 4) is 5.75 Å². The second-order valence-electron chi connectivity index (χ2n) is 4.25. The minimum atomic E-state index is 0.214. The standard InChI is InChI=1S/C14H17NO2/c1-2-6-17-14-8-12(9-15-10-14)11-4-3-5-13(16)7-11/h7-10H,2-6H2,1H3. The molecule has 17 heavy (non-hydrogen) atoms. The molecular weight excluding hydrogens is 214 g/mol. The van der Waals surface area contributed by atoms with E-state index in [4.69, 9.17) is 4.74 Å². The molecule has 1 aromatic rings. The van der Waals surface area contributed by atoms with Crippen molar-refractivity contribution in [3.05, 3.63) is 30.1 Å². The molecular formula is C14H17NO2. The van der Waals surface area contributed by atoms with E-state index in [1.807, 2.05) is 6.07 Å². The third-order valence-corrected chi connectivity index (χ3v) is 2.76. The Morgan fingerprint density at radius 2 is 2.24 bits per heavy atom. The van der Waals surface area contributed by atoms with E-state index >= 15 is 0 Å². The second-order valence-corrected chi connectivity index (χ2v) is 4.25. The van der Waals surface area contributed by atoms with Crippen LogP contribution in [0.25, 0.3) is 5.57 Å². The Labute approximate surface area is 102 Å². The van der Waals surface area contributed by atoms with E-state index < -0.39 is 0 Å². The minimum Gasteiger partial charge on any atom is -0.492 e. The molecule has 0 saturated carbocycles. The molecule has 0 fully saturated rings. The number of carbonyl (C=O) groups excluding carboxylic acids is 1. The van der Waals surface area contributed by atoms with Crippen LogP contribution >= 0.6 is 0 Å². The van der Waals surface area contributed by atoms with E-state index in [2.05, 4.69) is 11.9 Å². The Bertz CT molecular complexity index is 438. The summed E-state index contributed by atoms with van der Waals surface area (Å²) in [4.78, 5) is 15.5. The summed E-state index contributed by atoms with van der Waals surface area (Å²) in [6, 6.07) is 1.97. The largest absolute Gasteiger partial charge is 0.492 e. The number of allylic oxidation sites excluding steroid dienone is 2. The molecule has 0 N–H and O–H groups in total. The SMILES string of the molecule is CCCOc1cncc(C2=CC(=O)CCC2)c1. The van der Waals surface area contributed by atoms with Crippen LogP contribution in [0.5, 0.6) is 5.75 Å². The van der Waals surface area contributed by atoms with Gasteiger partial charge in [0.1, 0.15) is 5.75 Å². The van der Waals surface area contributed by atoms with Gasteiger partial charge in [0.15, 0.2) is 5.78 Å². The van der Waals surface area contributed by atoms with E-state index in [0.29, 0.717) is 13.0 Å². The molecule has 1 aliphatic carbocycles. The fourth-order valence-electron chi connectivity index (χ4n) is 1.91. The zero-order valence-electron chi connectivity index (χ0n) is 10.1. The Balaban J connectivity index is 2.17. The molecule has 0 unspecified atom stereocenters. The first-order chi connectivity index (χ1) is 8.29. The molecule has 1 aromatic heterocycles. The van der Waals surface area contributed by atoms with Crippen molar-refractivity contribution in [1.82, 2.24) is 4.98 Å². The van der Waals surface area contributed by atoms with Gasteiger partial charge in [0.2, 0.25) is 0 Å². The number of carbonyl (C=O) groups is 1. The number of rotatable bonds is 4. The molecule has 0 atom stereocenters. The maximum atomic E-state index is 11.4. The molecule has 0 spiro atoms. The Kier molecular flexibility index (Phi) is 3.91. The van der Waals surface area contributed by atoms with Gasteiger partial charge in [-0.25, -0.2) is 0 Å². The fraction of sp³-hybridized carbons (Fsp3) is 0.429. The van der Waals surface area contributed by atoms with E-state index in [1.54, 1.807) is 18.5 Å². The third-order valence-electron chi connectivity index (χ3n) is 2.76. The van der Waals surface area contributed by atoms with E-state index in [1.165, 1.54) is 0 Å². The van der Waals surface area contributed by atoms with Crippen molar-refractivity contribution in [2.45, 2.75) is 32.6 Å². The molecule has 3 heteroatoms. The Hall–Kier alpha value is -1.64. The van der Waals surface area contributed by atoms with E-state index in [-0.39, 0.29) is 5.78 Å². The third kappa shape index (κ3) is 3.16. The summed E-state index contributed by atoms with van der Waals surface area (Å²) in [7, 11) is 0. The Morgan fingerprint density at radius 1 is 1.35 bits per heavy atom. The lowest BCUT2D eigenvalue weighted by molar-refractivity contribution is -0.114. The number of ether oxygens (including phenoxy) is 1. The van der Waals surface area contributed by atoms with Crippen LogP contribution < -0.4 is 4.74 Å². The van der Waals surface area contributed by atoms with Crippen molar-refractivity contribution in [2.24, 2.45) is 0 Å². The van der Waals surface area contributed by atoms with Crippen LogP contribution in [-0.4, -0.2) is 17.4 Å². The van der Waals surface area contributed by atoms with Gasteiger partial charge >= 0.3 is 0 Å². The smallest absolute Gasteiger partial charge is 0.155 e. The normalized spacial score (nSPS) is 15.6. The van der Waals surface area contributed by atoms with Crippen LogP contribution in [0, 0.1) is 0 Å². The summed E-state index contributed by atoms with van der Waals surface area (Å²) in [5.74, 6) is 0.995. The molecule has 1 aliphatic rings. The van der Waals surface area contributed by atoms with Crippen LogP contribution in [-0.2, 0) is 4.79 Å². The number of pyridine rings is 1. The number of nitrogens with zero attached hydrogens (tertiary/aromatic N) is 1. The first-order valence-electron chi connectivity index (χ1n) is 6.11. The predicted molar refractivity (Wildman–Crippen MR) is 66.9 cm³/mol. The van der Waals surface area contributed by atoms with Crippen LogP contribution in [0.3, 0.4) is 0 Å². The highest BCUT2D eigenvalue weighted by atomic mass is 16.5. The van der Waals surface area contributed by atoms with Crippen LogP contribution in [0.4, 0.5) is 0 Å². The first kappa shape index (κ1) is 11.8. The van der Waals surface area contributed by atoms with Gasteiger partial charge in [-0.05, 0) is 42.5 Å². The highest BCUT2D eigenvalue weighted by Crippen LogP contribution is 2.26. The van der Waals surface area contributed by atoms with Gasteiger partial charge in [-0.1, -0.05) is 6.92 Å². The average Bonchev–Trinajstić information content (AvgIpc) is 2.37. The lowest BCUT2D eigenvalue weighted by Gasteiger charge is -2.13. The molecule has 2 rings (SSSR count). The predicted octanol–water partition coefficient (Wildman–Crippen LogP) is 3.01. The van der Waals surface area contributed by atoms with Crippen molar-refractivity contribution in [3.63, 3.8) is 0 Å². The Morgan fingerprint density at radius 3 is 3.00 bits per heavy atom. The molecule has 0 radical (unpaired) electrons. The van der Waals surface area contributed by atoms with Crippen LogP contribution in [0.15, 0.2) is 24.5 Å². The first-order valence-corrected chi connectivity index (χ1v) is 6.11. The number of hydrogen-bond acceptors (Lipinski definition) is 3. The van der Waals surface area contributed by atoms with Crippen molar-refractivity contribution in [2.75, 3.05) is 6.61 Å². The van der Waals surface area contributed by atoms with E-state index in [0.717, 1.165) is 36.1 Å². The second kappa shape index (κ2) is 5.62. The van der Waals surface area contributed by atoms with Gasteiger partial charge in [0.05, 0.1) is 12.8 Å². The number of aromatic nitrogens is 1. The highest BCUT2D eigenvalue weighted by molar-refractivity contribution is 5.98. The average molecular weight is 231 g/mol. The molecule has 0 saturated heterocycles. The molecule has 3 nitrogen and oxygen atoms in total. The van der Waals surface area contributed by atoms with E-state index in [9.17, 15) is 4.79 Å².